The Kier molecular flexibility index (Phi) is 4.42. The third kappa shape index (κ3) is 3.35. The average Bonchev–Trinajstić information content (AvgIpc) is 2.48. The predicted octanol–water partition coefficient (Wildman–Crippen LogP) is 3.00. The number of nitrogens with two attached hydrogens (primary N) is 1. The number of nitrogens with zero attached hydrogens (tertiary/aromatic N) is 2. The van der Waals surface area contributed by atoms with E-state index in [1.807, 2.05) is 0 Å². The standard InChI is InChI=1S/C13H9ClN4O5/c14-9-3-1-2-4-10(9)16-12-8(13(15)19)5-7(17(20)21)6-11(12)18(22)23/h1-6,16H,(H2,15,19). The van der Waals surface area contributed by atoms with Crippen LogP contribution in [0.15, 0.2) is 36.4 Å². The molecule has 9 nitrogen and oxygen atoms in total. The lowest BCUT2D eigenvalue weighted by atomic mass is 10.1. The highest BCUT2D eigenvalue weighted by molar-refractivity contribution is 6.33. The molecule has 0 bridgehead atoms. The van der Waals surface area contributed by atoms with Crippen molar-refractivity contribution in [3.05, 3.63) is 67.2 Å². The fourth-order valence-corrected chi connectivity index (χ4v) is 2.07. The minimum atomic E-state index is -1.05. The minimum Gasteiger partial charge on any atom is -0.366 e. The topological polar surface area (TPSA) is 141 Å². The number of primary amides is 1. The minimum absolute atomic E-state index is 0.246. The van der Waals surface area contributed by atoms with Crippen LogP contribution in [-0.4, -0.2) is 15.8 Å². The van der Waals surface area contributed by atoms with Crippen LogP contribution in [0.4, 0.5) is 22.7 Å². The Bertz CT molecular complexity index is 789. The molecule has 0 saturated heterocycles. The first kappa shape index (κ1) is 16.2. The number of non-ortho nitro benzene ring substituents is 1. The Labute approximate surface area is 134 Å². The van der Waals surface area contributed by atoms with Gasteiger partial charge in [0.25, 0.3) is 17.3 Å². The number of para-hydroxylation sites is 1. The number of halogens is 1. The van der Waals surface area contributed by atoms with Crippen molar-refractivity contribution in [2.24, 2.45) is 5.73 Å². The second-order valence-electron chi connectivity index (χ2n) is 4.37. The Morgan fingerprint density at radius 1 is 1.13 bits per heavy atom. The van der Waals surface area contributed by atoms with Gasteiger partial charge < -0.3 is 11.1 Å². The van der Waals surface area contributed by atoms with Crippen molar-refractivity contribution in [1.29, 1.82) is 0 Å². The summed E-state index contributed by atoms with van der Waals surface area (Å²) in [5.41, 5.74) is 3.55. The van der Waals surface area contributed by atoms with Gasteiger partial charge in [-0.1, -0.05) is 23.7 Å². The van der Waals surface area contributed by atoms with Crippen LogP contribution in [0.2, 0.25) is 5.02 Å². The zero-order valence-electron chi connectivity index (χ0n) is 11.4. The lowest BCUT2D eigenvalue weighted by Crippen LogP contribution is -2.15. The second kappa shape index (κ2) is 6.28. The van der Waals surface area contributed by atoms with Crippen molar-refractivity contribution in [1.82, 2.24) is 0 Å². The third-order valence-electron chi connectivity index (χ3n) is 2.91. The van der Waals surface area contributed by atoms with Crippen molar-refractivity contribution >= 4 is 40.3 Å². The van der Waals surface area contributed by atoms with Gasteiger partial charge in [0.05, 0.1) is 32.2 Å². The van der Waals surface area contributed by atoms with E-state index in [9.17, 15) is 25.0 Å². The van der Waals surface area contributed by atoms with Crippen LogP contribution >= 0.6 is 11.6 Å². The molecule has 2 aromatic carbocycles. The Hall–Kier alpha value is -3.20. The highest BCUT2D eigenvalue weighted by Crippen LogP contribution is 2.36. The molecule has 0 spiro atoms. The number of anilines is 2. The number of nitrogens with one attached hydrogen (secondary N) is 1. The highest BCUT2D eigenvalue weighted by atomic mass is 35.5. The highest BCUT2D eigenvalue weighted by Gasteiger charge is 2.27. The zero-order valence-corrected chi connectivity index (χ0v) is 12.1. The fraction of sp³-hybridized carbons (Fsp3) is 0. The number of hydrogen-bond acceptors (Lipinski definition) is 6. The Balaban J connectivity index is 2.69. The van der Waals surface area contributed by atoms with Gasteiger partial charge in [0, 0.05) is 6.07 Å². The predicted molar refractivity (Wildman–Crippen MR) is 83.0 cm³/mol. The zero-order chi connectivity index (χ0) is 17.1. The average molecular weight is 337 g/mol. The summed E-state index contributed by atoms with van der Waals surface area (Å²) in [5, 5.41) is 25.0. The van der Waals surface area contributed by atoms with Crippen LogP contribution < -0.4 is 11.1 Å². The number of carbonyl (C=O) groups excluding carboxylic acids is 1. The van der Waals surface area contributed by atoms with Gasteiger partial charge in [-0.05, 0) is 12.1 Å². The molecule has 0 unspecified atom stereocenters. The summed E-state index contributed by atoms with van der Waals surface area (Å²) in [6.45, 7) is 0. The summed E-state index contributed by atoms with van der Waals surface area (Å²) in [5.74, 6) is -1.05. The molecule has 10 heteroatoms. The van der Waals surface area contributed by atoms with E-state index in [1.54, 1.807) is 12.1 Å². The molecule has 118 valence electrons. The summed E-state index contributed by atoms with van der Waals surface area (Å²) < 4.78 is 0. The largest absolute Gasteiger partial charge is 0.366 e. The van der Waals surface area contributed by atoms with E-state index in [0.29, 0.717) is 0 Å². The molecule has 23 heavy (non-hydrogen) atoms. The molecule has 0 aliphatic carbocycles. The van der Waals surface area contributed by atoms with Gasteiger partial charge in [-0.3, -0.25) is 25.0 Å². The smallest absolute Gasteiger partial charge is 0.300 e. The number of amides is 1. The normalized spacial score (nSPS) is 10.1. The van der Waals surface area contributed by atoms with Crippen molar-refractivity contribution < 1.29 is 14.6 Å². The molecule has 3 N–H and O–H groups in total. The van der Waals surface area contributed by atoms with Crippen LogP contribution in [0, 0.1) is 20.2 Å². The number of nitro benzene ring substituents is 2. The molecule has 0 atom stereocenters. The molecule has 0 fully saturated rings. The van der Waals surface area contributed by atoms with E-state index in [0.717, 1.165) is 12.1 Å². The summed E-state index contributed by atoms with van der Waals surface area (Å²) in [4.78, 5) is 31.9. The van der Waals surface area contributed by atoms with Crippen LogP contribution in [0.1, 0.15) is 10.4 Å². The van der Waals surface area contributed by atoms with E-state index in [2.05, 4.69) is 5.32 Å². The number of benzene rings is 2. The lowest BCUT2D eigenvalue weighted by Gasteiger charge is -2.11. The van der Waals surface area contributed by atoms with Crippen LogP contribution in [-0.2, 0) is 0 Å². The van der Waals surface area contributed by atoms with Crippen LogP contribution in [0.25, 0.3) is 0 Å². The molecular weight excluding hydrogens is 328 g/mol. The molecular formula is C13H9ClN4O5. The molecule has 0 heterocycles. The van der Waals surface area contributed by atoms with Gasteiger partial charge in [0.15, 0.2) is 0 Å². The van der Waals surface area contributed by atoms with Crippen LogP contribution in [0.3, 0.4) is 0 Å². The molecule has 0 aliphatic rings. The first-order valence-electron chi connectivity index (χ1n) is 6.09. The SMILES string of the molecule is NC(=O)c1cc([N+](=O)[O-])cc([N+](=O)[O-])c1Nc1ccccc1Cl. The van der Waals surface area contributed by atoms with Gasteiger partial charge in [-0.25, -0.2) is 0 Å². The summed E-state index contributed by atoms with van der Waals surface area (Å²) in [6, 6.07) is 7.94. The maximum atomic E-state index is 11.6. The van der Waals surface area contributed by atoms with E-state index in [1.165, 1.54) is 12.1 Å². The molecule has 1 amide bonds. The fourth-order valence-electron chi connectivity index (χ4n) is 1.88. The van der Waals surface area contributed by atoms with Gasteiger partial charge in [-0.15, -0.1) is 0 Å². The van der Waals surface area contributed by atoms with Gasteiger partial charge >= 0.3 is 0 Å². The number of carbonyl (C=O) groups is 1. The van der Waals surface area contributed by atoms with Crippen molar-refractivity contribution in [3.63, 3.8) is 0 Å². The number of rotatable bonds is 5. The maximum Gasteiger partial charge on any atom is 0.300 e. The molecule has 0 saturated carbocycles. The van der Waals surface area contributed by atoms with E-state index < -0.39 is 27.1 Å². The third-order valence-corrected chi connectivity index (χ3v) is 3.24. The van der Waals surface area contributed by atoms with Gasteiger partial charge in [-0.2, -0.15) is 0 Å². The lowest BCUT2D eigenvalue weighted by molar-refractivity contribution is -0.393. The Morgan fingerprint density at radius 3 is 2.30 bits per heavy atom. The molecule has 0 aromatic heterocycles. The number of hydrogen-bond donors (Lipinski definition) is 2. The monoisotopic (exact) mass is 336 g/mol. The number of nitro groups is 2. The van der Waals surface area contributed by atoms with Crippen molar-refractivity contribution in [3.8, 4) is 0 Å². The second-order valence-corrected chi connectivity index (χ2v) is 4.78. The van der Waals surface area contributed by atoms with E-state index in [4.69, 9.17) is 17.3 Å². The van der Waals surface area contributed by atoms with Crippen molar-refractivity contribution in [2.75, 3.05) is 5.32 Å². The first-order chi connectivity index (χ1) is 10.8. The summed E-state index contributed by atoms with van der Waals surface area (Å²) >= 11 is 5.96. The summed E-state index contributed by atoms with van der Waals surface area (Å²) in [7, 11) is 0. The molecule has 2 aromatic rings. The first-order valence-corrected chi connectivity index (χ1v) is 6.47. The van der Waals surface area contributed by atoms with Crippen molar-refractivity contribution in [2.45, 2.75) is 0 Å². The Morgan fingerprint density at radius 2 is 1.78 bits per heavy atom. The summed E-state index contributed by atoms with van der Waals surface area (Å²) in [6.07, 6.45) is 0. The van der Waals surface area contributed by atoms with E-state index >= 15 is 0 Å². The van der Waals surface area contributed by atoms with E-state index in [-0.39, 0.29) is 22.0 Å². The molecule has 0 aliphatic heterocycles. The molecule has 0 radical (unpaired) electrons. The van der Waals surface area contributed by atoms with Crippen LogP contribution in [0.5, 0.6) is 0 Å². The molecule has 2 rings (SSSR count). The quantitative estimate of drug-likeness (QED) is 0.634. The maximum absolute atomic E-state index is 11.6. The van der Waals surface area contributed by atoms with Gasteiger partial charge in [0.2, 0.25) is 0 Å². The van der Waals surface area contributed by atoms with Gasteiger partial charge in [0.1, 0.15) is 5.69 Å².